The van der Waals surface area contributed by atoms with Crippen molar-refractivity contribution in [1.29, 1.82) is 0 Å². The van der Waals surface area contributed by atoms with Gasteiger partial charge in [-0.05, 0) is 50.0 Å². The molecule has 2 rings (SSSR count). The van der Waals surface area contributed by atoms with Crippen LogP contribution in [0.1, 0.15) is 31.2 Å². The molecular weight excluding hydrogens is 243 g/mol. The Morgan fingerprint density at radius 3 is 2.79 bits per heavy atom. The van der Waals surface area contributed by atoms with Crippen LogP contribution < -0.4 is 5.73 Å². The Bertz CT molecular complexity index is 425. The van der Waals surface area contributed by atoms with Gasteiger partial charge in [-0.15, -0.1) is 0 Å². The van der Waals surface area contributed by atoms with E-state index in [0.717, 1.165) is 12.1 Å². The van der Waals surface area contributed by atoms with Gasteiger partial charge in [0.1, 0.15) is 0 Å². The number of rotatable bonds is 4. The second-order valence-electron chi connectivity index (χ2n) is 5.55. The van der Waals surface area contributed by atoms with Crippen LogP contribution in [0.25, 0.3) is 0 Å². The molecule has 2 atom stereocenters. The third kappa shape index (κ3) is 3.45. The van der Waals surface area contributed by atoms with Crippen LogP contribution >= 0.6 is 0 Å². The van der Waals surface area contributed by atoms with Crippen molar-refractivity contribution in [3.63, 3.8) is 0 Å². The van der Waals surface area contributed by atoms with Crippen LogP contribution in [0, 0.1) is 11.7 Å². The van der Waals surface area contributed by atoms with Crippen molar-refractivity contribution in [3.8, 4) is 5.75 Å². The number of hydrogen-bond acceptors (Lipinski definition) is 3. The van der Waals surface area contributed by atoms with Gasteiger partial charge in [0, 0.05) is 12.6 Å². The normalized spacial score (nSPS) is 23.8. The number of hydrogen-bond donors (Lipinski definition) is 2. The van der Waals surface area contributed by atoms with E-state index in [0.29, 0.717) is 18.5 Å². The molecule has 0 aliphatic heterocycles. The topological polar surface area (TPSA) is 49.5 Å². The molecule has 0 amide bonds. The summed E-state index contributed by atoms with van der Waals surface area (Å²) in [4.78, 5) is 2.27. The predicted molar refractivity (Wildman–Crippen MR) is 74.3 cm³/mol. The maximum absolute atomic E-state index is 13.3. The molecule has 0 heterocycles. The second-order valence-corrected chi connectivity index (χ2v) is 5.55. The van der Waals surface area contributed by atoms with Crippen molar-refractivity contribution in [2.24, 2.45) is 11.7 Å². The molecule has 0 aromatic heterocycles. The fourth-order valence-electron chi connectivity index (χ4n) is 3.10. The molecule has 4 heteroatoms. The molecule has 0 bridgehead atoms. The number of nitrogens with zero attached hydrogens (tertiary/aromatic N) is 1. The summed E-state index contributed by atoms with van der Waals surface area (Å²) in [6.07, 6.45) is 4.86. The Morgan fingerprint density at radius 1 is 1.37 bits per heavy atom. The second kappa shape index (κ2) is 6.35. The first-order valence-electron chi connectivity index (χ1n) is 6.99. The highest BCUT2D eigenvalue weighted by Gasteiger charge is 2.27. The van der Waals surface area contributed by atoms with E-state index in [4.69, 9.17) is 5.73 Å². The fraction of sp³-hybridized carbons (Fsp3) is 0.600. The fourth-order valence-corrected chi connectivity index (χ4v) is 3.10. The van der Waals surface area contributed by atoms with E-state index in [9.17, 15) is 9.50 Å². The first-order valence-corrected chi connectivity index (χ1v) is 6.99. The van der Waals surface area contributed by atoms with Gasteiger partial charge in [-0.2, -0.15) is 0 Å². The average Bonchev–Trinajstić information content (AvgIpc) is 2.43. The number of phenolic OH excluding ortho intramolecular Hbond substituents is 1. The number of aromatic hydroxyl groups is 1. The molecular formula is C15H23FN2O. The quantitative estimate of drug-likeness (QED) is 0.880. The van der Waals surface area contributed by atoms with Gasteiger partial charge in [-0.1, -0.05) is 18.9 Å². The lowest BCUT2D eigenvalue weighted by Crippen LogP contribution is -2.42. The zero-order chi connectivity index (χ0) is 13.8. The zero-order valence-electron chi connectivity index (χ0n) is 11.5. The van der Waals surface area contributed by atoms with Crippen LogP contribution in [0.15, 0.2) is 18.2 Å². The van der Waals surface area contributed by atoms with E-state index in [1.165, 1.54) is 37.8 Å². The predicted octanol–water partition coefficient (Wildman–Crippen LogP) is 2.48. The lowest BCUT2D eigenvalue weighted by molar-refractivity contribution is 0.127. The third-order valence-electron chi connectivity index (χ3n) is 4.18. The van der Waals surface area contributed by atoms with Crippen LogP contribution in [0.2, 0.25) is 0 Å². The lowest BCUT2D eigenvalue weighted by atomic mass is 9.83. The van der Waals surface area contributed by atoms with E-state index in [2.05, 4.69) is 11.9 Å². The van der Waals surface area contributed by atoms with E-state index < -0.39 is 5.82 Å². The highest BCUT2D eigenvalue weighted by atomic mass is 19.1. The largest absolute Gasteiger partial charge is 0.505 e. The van der Waals surface area contributed by atoms with Gasteiger partial charge in [-0.3, -0.25) is 4.90 Å². The summed E-state index contributed by atoms with van der Waals surface area (Å²) in [5, 5.41) is 9.20. The van der Waals surface area contributed by atoms with Crippen LogP contribution in [-0.4, -0.2) is 29.6 Å². The van der Waals surface area contributed by atoms with Crippen LogP contribution in [-0.2, 0) is 6.54 Å². The van der Waals surface area contributed by atoms with E-state index in [1.807, 2.05) is 0 Å². The zero-order valence-corrected chi connectivity index (χ0v) is 11.5. The Morgan fingerprint density at radius 2 is 2.11 bits per heavy atom. The summed E-state index contributed by atoms with van der Waals surface area (Å²) in [5.41, 5.74) is 6.74. The number of nitrogens with two attached hydrogens (primary N) is 1. The van der Waals surface area contributed by atoms with E-state index in [1.54, 1.807) is 6.07 Å². The van der Waals surface area contributed by atoms with Crippen molar-refractivity contribution in [2.45, 2.75) is 38.3 Å². The first-order chi connectivity index (χ1) is 9.11. The Labute approximate surface area is 114 Å². The van der Waals surface area contributed by atoms with E-state index in [-0.39, 0.29) is 5.75 Å². The highest BCUT2D eigenvalue weighted by molar-refractivity contribution is 5.28. The van der Waals surface area contributed by atoms with Gasteiger partial charge in [-0.25, -0.2) is 4.39 Å². The molecule has 2 unspecified atom stereocenters. The van der Waals surface area contributed by atoms with Crippen LogP contribution in [0.5, 0.6) is 5.75 Å². The maximum atomic E-state index is 13.3. The summed E-state index contributed by atoms with van der Waals surface area (Å²) in [6, 6.07) is 5.08. The average molecular weight is 266 g/mol. The number of phenols is 1. The maximum Gasteiger partial charge on any atom is 0.165 e. The molecule has 1 aliphatic rings. The molecule has 106 valence electrons. The van der Waals surface area contributed by atoms with Gasteiger partial charge in [0.25, 0.3) is 0 Å². The number of benzene rings is 1. The highest BCUT2D eigenvalue weighted by Crippen LogP contribution is 2.28. The smallest absolute Gasteiger partial charge is 0.165 e. The molecule has 1 fully saturated rings. The minimum absolute atomic E-state index is 0.288. The third-order valence-corrected chi connectivity index (χ3v) is 4.18. The van der Waals surface area contributed by atoms with Gasteiger partial charge in [0.2, 0.25) is 0 Å². The molecule has 3 nitrogen and oxygen atoms in total. The first kappa shape index (κ1) is 14.3. The van der Waals surface area contributed by atoms with E-state index >= 15 is 0 Å². The summed E-state index contributed by atoms with van der Waals surface area (Å²) >= 11 is 0. The van der Waals surface area contributed by atoms with Crippen LogP contribution in [0.4, 0.5) is 4.39 Å². The molecule has 1 aromatic rings. The molecule has 1 aliphatic carbocycles. The summed E-state index contributed by atoms with van der Waals surface area (Å²) in [7, 11) is 2.07. The van der Waals surface area contributed by atoms with Crippen molar-refractivity contribution in [3.05, 3.63) is 29.6 Å². The van der Waals surface area contributed by atoms with Crippen molar-refractivity contribution in [2.75, 3.05) is 13.6 Å². The Hall–Kier alpha value is -1.13. The molecule has 3 N–H and O–H groups in total. The molecule has 19 heavy (non-hydrogen) atoms. The minimum atomic E-state index is -0.551. The molecule has 1 aromatic carbocycles. The van der Waals surface area contributed by atoms with Gasteiger partial charge < -0.3 is 10.8 Å². The van der Waals surface area contributed by atoms with Crippen LogP contribution in [0.3, 0.4) is 0 Å². The standard InChI is InChI=1S/C15H23FN2O/c1-18(14-5-3-2-4-12(14)9-17)10-11-6-7-15(19)13(16)8-11/h6-8,12,14,19H,2-5,9-10,17H2,1H3. The Kier molecular flexibility index (Phi) is 4.77. The monoisotopic (exact) mass is 266 g/mol. The minimum Gasteiger partial charge on any atom is -0.505 e. The van der Waals surface area contributed by atoms with Crippen molar-refractivity contribution in [1.82, 2.24) is 4.90 Å². The summed E-state index contributed by atoms with van der Waals surface area (Å²) in [6.45, 7) is 1.41. The van der Waals surface area contributed by atoms with Gasteiger partial charge in [0.05, 0.1) is 0 Å². The van der Waals surface area contributed by atoms with Crippen molar-refractivity contribution < 1.29 is 9.50 Å². The molecule has 1 saturated carbocycles. The van der Waals surface area contributed by atoms with Gasteiger partial charge >= 0.3 is 0 Å². The molecule has 0 saturated heterocycles. The summed E-state index contributed by atoms with van der Waals surface area (Å²) in [5.74, 6) is -0.297. The SMILES string of the molecule is CN(Cc1ccc(O)c(F)c1)C1CCCCC1CN. The molecule has 0 spiro atoms. The summed E-state index contributed by atoms with van der Waals surface area (Å²) < 4.78 is 13.3. The Balaban J connectivity index is 2.02. The van der Waals surface area contributed by atoms with Gasteiger partial charge in [0.15, 0.2) is 11.6 Å². The lowest BCUT2D eigenvalue weighted by Gasteiger charge is -2.37. The molecule has 0 radical (unpaired) electrons. The van der Waals surface area contributed by atoms with Crippen molar-refractivity contribution >= 4 is 0 Å². The number of halogens is 1.